The molecule has 1 saturated carbocycles. The number of hydrogen-bond donors (Lipinski definition) is 1. The Labute approximate surface area is 97.6 Å². The van der Waals surface area contributed by atoms with Gasteiger partial charge in [-0.25, -0.2) is 0 Å². The van der Waals surface area contributed by atoms with E-state index in [9.17, 15) is 4.79 Å². The third-order valence-corrected chi connectivity index (χ3v) is 3.12. The monoisotopic (exact) mass is 229 g/mol. The van der Waals surface area contributed by atoms with Crippen molar-refractivity contribution < 1.29 is 14.6 Å². The quantitative estimate of drug-likeness (QED) is 0.695. The van der Waals surface area contributed by atoms with Gasteiger partial charge in [0.05, 0.1) is 19.8 Å². The highest BCUT2D eigenvalue weighted by atomic mass is 16.5. The van der Waals surface area contributed by atoms with Crippen LogP contribution in [0.4, 0.5) is 0 Å². The van der Waals surface area contributed by atoms with Gasteiger partial charge in [0.1, 0.15) is 0 Å². The minimum atomic E-state index is -0.179. The summed E-state index contributed by atoms with van der Waals surface area (Å²) in [6.45, 7) is 3.24. The van der Waals surface area contributed by atoms with E-state index in [1.54, 1.807) is 0 Å². The van der Waals surface area contributed by atoms with Crippen LogP contribution in [0.15, 0.2) is 0 Å². The van der Waals surface area contributed by atoms with Crippen LogP contribution in [0.3, 0.4) is 0 Å². The van der Waals surface area contributed by atoms with Crippen LogP contribution in [0.5, 0.6) is 0 Å². The number of esters is 1. The van der Waals surface area contributed by atoms with Gasteiger partial charge < -0.3 is 9.84 Å². The summed E-state index contributed by atoms with van der Waals surface area (Å²) >= 11 is 0. The topological polar surface area (TPSA) is 49.8 Å². The molecule has 0 heterocycles. The van der Waals surface area contributed by atoms with Gasteiger partial charge in [-0.3, -0.25) is 9.69 Å². The summed E-state index contributed by atoms with van der Waals surface area (Å²) < 4.78 is 4.95. The van der Waals surface area contributed by atoms with E-state index in [-0.39, 0.29) is 12.6 Å². The predicted molar refractivity (Wildman–Crippen MR) is 62.2 cm³/mol. The molecule has 0 radical (unpaired) electrons. The van der Waals surface area contributed by atoms with Crippen LogP contribution in [0.2, 0.25) is 0 Å². The standard InChI is InChI=1S/C12H23NO3/c1-2-16-12(15)10-13(8-9-14)11-6-4-3-5-7-11/h11,14H,2-10H2,1H3. The Morgan fingerprint density at radius 2 is 2.06 bits per heavy atom. The Morgan fingerprint density at radius 3 is 2.62 bits per heavy atom. The molecule has 0 aliphatic heterocycles. The normalized spacial score (nSPS) is 17.7. The summed E-state index contributed by atoms with van der Waals surface area (Å²) in [6, 6.07) is 0.449. The number of rotatable bonds is 6. The third-order valence-electron chi connectivity index (χ3n) is 3.12. The van der Waals surface area contributed by atoms with Crippen LogP contribution in [-0.2, 0) is 9.53 Å². The molecule has 4 heteroatoms. The molecule has 0 unspecified atom stereocenters. The van der Waals surface area contributed by atoms with E-state index in [0.717, 1.165) is 12.8 Å². The van der Waals surface area contributed by atoms with Crippen molar-refractivity contribution in [2.75, 3.05) is 26.3 Å². The Morgan fingerprint density at radius 1 is 1.38 bits per heavy atom. The number of ether oxygens (including phenoxy) is 1. The van der Waals surface area contributed by atoms with Gasteiger partial charge >= 0.3 is 5.97 Å². The molecule has 0 aromatic heterocycles. The Kier molecular flexibility index (Phi) is 6.42. The van der Waals surface area contributed by atoms with Crippen LogP contribution in [0, 0.1) is 0 Å². The summed E-state index contributed by atoms with van der Waals surface area (Å²) in [4.78, 5) is 13.5. The molecule has 1 aliphatic carbocycles. The lowest BCUT2D eigenvalue weighted by Crippen LogP contribution is -2.42. The Bertz CT molecular complexity index is 202. The van der Waals surface area contributed by atoms with Gasteiger partial charge in [0.25, 0.3) is 0 Å². The second-order valence-corrected chi connectivity index (χ2v) is 4.29. The fourth-order valence-electron chi connectivity index (χ4n) is 2.34. The first-order chi connectivity index (χ1) is 7.77. The zero-order chi connectivity index (χ0) is 11.8. The van der Waals surface area contributed by atoms with Gasteiger partial charge in [0, 0.05) is 12.6 Å². The van der Waals surface area contributed by atoms with Crippen LogP contribution in [0.1, 0.15) is 39.0 Å². The molecule has 1 rings (SSSR count). The molecule has 94 valence electrons. The van der Waals surface area contributed by atoms with Gasteiger partial charge in [0.2, 0.25) is 0 Å². The SMILES string of the molecule is CCOC(=O)CN(CCO)C1CCCCC1. The number of hydrogen-bond acceptors (Lipinski definition) is 4. The van der Waals surface area contributed by atoms with Gasteiger partial charge in [-0.05, 0) is 19.8 Å². The smallest absolute Gasteiger partial charge is 0.320 e. The number of carbonyl (C=O) groups excluding carboxylic acids is 1. The van der Waals surface area contributed by atoms with Crippen LogP contribution in [0.25, 0.3) is 0 Å². The average Bonchev–Trinajstić information content (AvgIpc) is 2.30. The average molecular weight is 229 g/mol. The Balaban J connectivity index is 2.41. The lowest BCUT2D eigenvalue weighted by molar-refractivity contribution is -0.145. The summed E-state index contributed by atoms with van der Waals surface area (Å²) in [7, 11) is 0. The van der Waals surface area contributed by atoms with Crippen molar-refractivity contribution in [2.45, 2.75) is 45.1 Å². The number of aliphatic hydroxyl groups excluding tert-OH is 1. The van der Waals surface area contributed by atoms with E-state index >= 15 is 0 Å². The van der Waals surface area contributed by atoms with Crippen molar-refractivity contribution in [2.24, 2.45) is 0 Å². The summed E-state index contributed by atoms with van der Waals surface area (Å²) in [5.74, 6) is -0.179. The summed E-state index contributed by atoms with van der Waals surface area (Å²) in [5.41, 5.74) is 0. The van der Waals surface area contributed by atoms with Crippen molar-refractivity contribution in [3.63, 3.8) is 0 Å². The first kappa shape index (κ1) is 13.5. The second-order valence-electron chi connectivity index (χ2n) is 4.29. The lowest BCUT2D eigenvalue weighted by atomic mass is 9.94. The maximum absolute atomic E-state index is 11.4. The fourth-order valence-corrected chi connectivity index (χ4v) is 2.34. The van der Waals surface area contributed by atoms with E-state index in [1.807, 2.05) is 6.92 Å². The largest absolute Gasteiger partial charge is 0.465 e. The first-order valence-electron chi connectivity index (χ1n) is 6.28. The molecule has 1 aliphatic rings. The molecular formula is C12H23NO3. The fraction of sp³-hybridized carbons (Fsp3) is 0.917. The van der Waals surface area contributed by atoms with Crippen LogP contribution < -0.4 is 0 Å². The zero-order valence-corrected chi connectivity index (χ0v) is 10.2. The van der Waals surface area contributed by atoms with Gasteiger partial charge in [-0.2, -0.15) is 0 Å². The maximum Gasteiger partial charge on any atom is 0.320 e. The molecule has 4 nitrogen and oxygen atoms in total. The second kappa shape index (κ2) is 7.63. The highest BCUT2D eigenvalue weighted by Gasteiger charge is 2.22. The minimum Gasteiger partial charge on any atom is -0.465 e. The molecule has 0 saturated heterocycles. The van der Waals surface area contributed by atoms with E-state index in [2.05, 4.69) is 4.90 Å². The van der Waals surface area contributed by atoms with Crippen molar-refractivity contribution in [3.05, 3.63) is 0 Å². The maximum atomic E-state index is 11.4. The molecule has 0 bridgehead atoms. The summed E-state index contributed by atoms with van der Waals surface area (Å²) in [5, 5.41) is 9.02. The first-order valence-corrected chi connectivity index (χ1v) is 6.28. The minimum absolute atomic E-state index is 0.107. The van der Waals surface area contributed by atoms with E-state index in [0.29, 0.717) is 25.7 Å². The highest BCUT2D eigenvalue weighted by Crippen LogP contribution is 2.22. The highest BCUT2D eigenvalue weighted by molar-refractivity contribution is 5.71. The van der Waals surface area contributed by atoms with Crippen molar-refractivity contribution in [1.29, 1.82) is 0 Å². The van der Waals surface area contributed by atoms with Gasteiger partial charge in [-0.1, -0.05) is 19.3 Å². The zero-order valence-electron chi connectivity index (χ0n) is 10.2. The van der Waals surface area contributed by atoms with E-state index in [1.165, 1.54) is 19.3 Å². The van der Waals surface area contributed by atoms with Crippen molar-refractivity contribution in [1.82, 2.24) is 4.90 Å². The molecule has 1 N–H and O–H groups in total. The van der Waals surface area contributed by atoms with Crippen molar-refractivity contribution in [3.8, 4) is 0 Å². The number of carbonyl (C=O) groups is 1. The molecule has 0 amide bonds. The number of aliphatic hydroxyl groups is 1. The molecule has 0 aromatic carbocycles. The van der Waals surface area contributed by atoms with Crippen molar-refractivity contribution >= 4 is 5.97 Å². The Hall–Kier alpha value is -0.610. The van der Waals surface area contributed by atoms with Gasteiger partial charge in [0.15, 0.2) is 0 Å². The molecule has 1 fully saturated rings. The molecule has 0 spiro atoms. The third kappa shape index (κ3) is 4.49. The molecule has 16 heavy (non-hydrogen) atoms. The van der Waals surface area contributed by atoms with E-state index < -0.39 is 0 Å². The lowest BCUT2D eigenvalue weighted by Gasteiger charge is -2.33. The van der Waals surface area contributed by atoms with Crippen LogP contribution >= 0.6 is 0 Å². The van der Waals surface area contributed by atoms with Crippen LogP contribution in [-0.4, -0.2) is 48.3 Å². The van der Waals surface area contributed by atoms with Gasteiger partial charge in [-0.15, -0.1) is 0 Å². The summed E-state index contributed by atoms with van der Waals surface area (Å²) in [6.07, 6.45) is 6.03. The molecule has 0 atom stereocenters. The predicted octanol–water partition coefficient (Wildman–Crippen LogP) is 1.18. The molecular weight excluding hydrogens is 206 g/mol. The number of nitrogens with zero attached hydrogens (tertiary/aromatic N) is 1. The van der Waals surface area contributed by atoms with E-state index in [4.69, 9.17) is 9.84 Å². The molecule has 0 aromatic rings.